The number of nitrogens with one attached hydrogen (secondary N) is 1. The molecule has 1 amide bonds. The predicted molar refractivity (Wildman–Crippen MR) is 90.0 cm³/mol. The molecular weight excluding hydrogens is 320 g/mol. The maximum atomic E-state index is 12.1. The molecular formula is C18H24N4O3. The average Bonchev–Trinajstić information content (AvgIpc) is 3.27. The van der Waals surface area contributed by atoms with Crippen LogP contribution in [0.4, 0.5) is 0 Å². The summed E-state index contributed by atoms with van der Waals surface area (Å²) in [4.78, 5) is 12.1. The van der Waals surface area contributed by atoms with Gasteiger partial charge in [-0.05, 0) is 43.7 Å². The number of hydrogen-bond acceptors (Lipinski definition) is 5. The Morgan fingerprint density at radius 2 is 2.12 bits per heavy atom. The van der Waals surface area contributed by atoms with E-state index in [4.69, 9.17) is 9.15 Å². The summed E-state index contributed by atoms with van der Waals surface area (Å²) < 4.78 is 12.9. The maximum Gasteiger partial charge on any atom is 0.287 e. The van der Waals surface area contributed by atoms with Crippen molar-refractivity contribution in [1.82, 2.24) is 20.1 Å². The number of aromatic nitrogens is 3. The normalized spacial score (nSPS) is 21.5. The van der Waals surface area contributed by atoms with Gasteiger partial charge in [0, 0.05) is 25.7 Å². The van der Waals surface area contributed by atoms with Gasteiger partial charge < -0.3 is 19.0 Å². The Labute approximate surface area is 146 Å². The summed E-state index contributed by atoms with van der Waals surface area (Å²) in [6, 6.07) is 3.36. The van der Waals surface area contributed by atoms with E-state index in [1.54, 1.807) is 12.1 Å². The van der Waals surface area contributed by atoms with Gasteiger partial charge in [-0.3, -0.25) is 4.79 Å². The first-order valence-corrected chi connectivity index (χ1v) is 9.14. The molecule has 2 aliphatic heterocycles. The van der Waals surface area contributed by atoms with Crippen LogP contribution in [0, 0.1) is 5.92 Å². The first-order valence-electron chi connectivity index (χ1n) is 9.14. The van der Waals surface area contributed by atoms with Crippen LogP contribution in [0.3, 0.4) is 0 Å². The average molecular weight is 344 g/mol. The van der Waals surface area contributed by atoms with Crippen LogP contribution in [-0.2, 0) is 17.8 Å². The molecule has 134 valence electrons. The minimum absolute atomic E-state index is 0.225. The summed E-state index contributed by atoms with van der Waals surface area (Å²) in [7, 11) is 0. The van der Waals surface area contributed by atoms with Gasteiger partial charge in [0.1, 0.15) is 5.82 Å². The monoisotopic (exact) mass is 344 g/mol. The van der Waals surface area contributed by atoms with Gasteiger partial charge >= 0.3 is 0 Å². The van der Waals surface area contributed by atoms with Gasteiger partial charge in [-0.1, -0.05) is 6.42 Å². The van der Waals surface area contributed by atoms with Crippen molar-refractivity contribution in [3.05, 3.63) is 35.8 Å². The quantitative estimate of drug-likeness (QED) is 0.921. The van der Waals surface area contributed by atoms with Crippen molar-refractivity contribution in [2.24, 2.45) is 5.92 Å². The first kappa shape index (κ1) is 16.3. The molecule has 1 atom stereocenters. The summed E-state index contributed by atoms with van der Waals surface area (Å²) in [5.41, 5.74) is 0. The second-order valence-corrected chi connectivity index (χ2v) is 6.84. The van der Waals surface area contributed by atoms with Crippen LogP contribution in [-0.4, -0.2) is 33.9 Å². The zero-order chi connectivity index (χ0) is 17.1. The van der Waals surface area contributed by atoms with Crippen molar-refractivity contribution in [3.8, 4) is 0 Å². The highest BCUT2D eigenvalue weighted by molar-refractivity contribution is 5.91. The van der Waals surface area contributed by atoms with Crippen molar-refractivity contribution in [1.29, 1.82) is 0 Å². The Morgan fingerprint density at radius 3 is 2.92 bits per heavy atom. The Kier molecular flexibility index (Phi) is 4.83. The highest BCUT2D eigenvalue weighted by Gasteiger charge is 2.31. The lowest BCUT2D eigenvalue weighted by Gasteiger charge is -2.29. The zero-order valence-electron chi connectivity index (χ0n) is 14.3. The lowest BCUT2D eigenvalue weighted by molar-refractivity contribution is 0.0556. The van der Waals surface area contributed by atoms with Gasteiger partial charge in [-0.25, -0.2) is 0 Å². The molecule has 1 saturated heterocycles. The van der Waals surface area contributed by atoms with Gasteiger partial charge in [0.15, 0.2) is 11.6 Å². The number of hydrogen-bond donors (Lipinski definition) is 1. The topological polar surface area (TPSA) is 82.2 Å². The third-order valence-corrected chi connectivity index (χ3v) is 5.32. The van der Waals surface area contributed by atoms with E-state index in [0.717, 1.165) is 50.7 Å². The number of rotatable bonds is 4. The summed E-state index contributed by atoms with van der Waals surface area (Å²) in [5, 5.41) is 11.8. The zero-order valence-corrected chi connectivity index (χ0v) is 14.3. The van der Waals surface area contributed by atoms with Crippen LogP contribution >= 0.6 is 0 Å². The molecule has 0 unspecified atom stereocenters. The van der Waals surface area contributed by atoms with Gasteiger partial charge in [0.2, 0.25) is 0 Å². The molecule has 0 aliphatic carbocycles. The number of amides is 1. The van der Waals surface area contributed by atoms with Crippen LogP contribution < -0.4 is 5.32 Å². The minimum atomic E-state index is -0.225. The van der Waals surface area contributed by atoms with Crippen molar-refractivity contribution in [3.63, 3.8) is 0 Å². The van der Waals surface area contributed by atoms with Gasteiger partial charge in [-0.2, -0.15) is 0 Å². The number of carbonyl (C=O) groups is 1. The van der Waals surface area contributed by atoms with E-state index in [2.05, 4.69) is 20.1 Å². The van der Waals surface area contributed by atoms with E-state index < -0.39 is 0 Å². The van der Waals surface area contributed by atoms with E-state index in [9.17, 15) is 4.79 Å². The van der Waals surface area contributed by atoms with E-state index in [0.29, 0.717) is 24.1 Å². The number of carbonyl (C=O) groups excluding carboxylic acids is 1. The summed E-state index contributed by atoms with van der Waals surface area (Å²) >= 11 is 0. The molecule has 7 nitrogen and oxygen atoms in total. The number of ether oxygens (including phenoxy) is 1. The molecule has 2 aromatic rings. The van der Waals surface area contributed by atoms with Crippen LogP contribution in [0.1, 0.15) is 60.2 Å². The Bertz CT molecular complexity index is 704. The fourth-order valence-electron chi connectivity index (χ4n) is 3.98. The molecule has 25 heavy (non-hydrogen) atoms. The highest BCUT2D eigenvalue weighted by Crippen LogP contribution is 2.37. The van der Waals surface area contributed by atoms with E-state index >= 15 is 0 Å². The third kappa shape index (κ3) is 3.46. The number of furan rings is 1. The molecule has 0 bridgehead atoms. The largest absolute Gasteiger partial charge is 0.459 e. The standard InChI is InChI=1S/C18H24N4O3/c23-18(15-5-3-9-25-15)19-12-16-20-21-17-14(4-1-2-8-22(16)17)13-6-10-24-11-7-13/h3,5,9,13-14H,1-2,4,6-8,10-12H2,(H,19,23)/t14-/m0/s1. The lowest BCUT2D eigenvalue weighted by atomic mass is 9.82. The summed E-state index contributed by atoms with van der Waals surface area (Å²) in [6.07, 6.45) is 7.20. The third-order valence-electron chi connectivity index (χ3n) is 5.32. The lowest BCUT2D eigenvalue weighted by Crippen LogP contribution is -2.26. The summed E-state index contributed by atoms with van der Waals surface area (Å²) in [5.74, 6) is 3.09. The molecule has 4 heterocycles. The molecule has 0 aromatic carbocycles. The molecule has 7 heteroatoms. The second kappa shape index (κ2) is 7.39. The van der Waals surface area contributed by atoms with Crippen LogP contribution in [0.5, 0.6) is 0 Å². The molecule has 0 radical (unpaired) electrons. The van der Waals surface area contributed by atoms with Gasteiger partial charge in [0.05, 0.1) is 12.8 Å². The highest BCUT2D eigenvalue weighted by atomic mass is 16.5. The van der Waals surface area contributed by atoms with Gasteiger partial charge in [0.25, 0.3) is 5.91 Å². The first-order chi connectivity index (χ1) is 12.3. The van der Waals surface area contributed by atoms with Crippen molar-refractivity contribution in [2.75, 3.05) is 13.2 Å². The Balaban J connectivity index is 1.49. The van der Waals surface area contributed by atoms with E-state index in [1.165, 1.54) is 19.1 Å². The molecule has 0 spiro atoms. The Morgan fingerprint density at radius 1 is 1.24 bits per heavy atom. The van der Waals surface area contributed by atoms with Crippen molar-refractivity contribution in [2.45, 2.75) is 51.1 Å². The molecule has 0 saturated carbocycles. The minimum Gasteiger partial charge on any atom is -0.459 e. The molecule has 4 rings (SSSR count). The van der Waals surface area contributed by atoms with Gasteiger partial charge in [-0.15, -0.1) is 10.2 Å². The molecule has 2 aliphatic rings. The number of fused-ring (bicyclic) bond motifs is 1. The molecule has 2 aromatic heterocycles. The summed E-state index contributed by atoms with van der Waals surface area (Å²) in [6.45, 7) is 2.99. The van der Waals surface area contributed by atoms with Crippen LogP contribution in [0.25, 0.3) is 0 Å². The Hall–Kier alpha value is -2.15. The SMILES string of the molecule is O=C(NCc1nnc2n1CCCC[C@H]2C1CCOCC1)c1ccco1. The van der Waals surface area contributed by atoms with Crippen molar-refractivity contribution >= 4 is 5.91 Å². The molecule has 1 fully saturated rings. The van der Waals surface area contributed by atoms with E-state index in [1.807, 2.05) is 0 Å². The molecule has 1 N–H and O–H groups in total. The van der Waals surface area contributed by atoms with Crippen molar-refractivity contribution < 1.29 is 13.9 Å². The smallest absolute Gasteiger partial charge is 0.287 e. The van der Waals surface area contributed by atoms with Crippen LogP contribution in [0.15, 0.2) is 22.8 Å². The fraction of sp³-hybridized carbons (Fsp3) is 0.611. The second-order valence-electron chi connectivity index (χ2n) is 6.84. The van der Waals surface area contributed by atoms with Crippen LogP contribution in [0.2, 0.25) is 0 Å². The number of nitrogens with zero attached hydrogens (tertiary/aromatic N) is 3. The van der Waals surface area contributed by atoms with E-state index in [-0.39, 0.29) is 5.91 Å². The predicted octanol–water partition coefficient (Wildman–Crippen LogP) is 2.50. The fourth-order valence-corrected chi connectivity index (χ4v) is 3.98. The maximum absolute atomic E-state index is 12.1.